The molecule has 4 rings (SSSR count). The van der Waals surface area contributed by atoms with E-state index in [-0.39, 0.29) is 6.79 Å². The fourth-order valence-electron chi connectivity index (χ4n) is 3.09. The van der Waals surface area contributed by atoms with E-state index in [1.54, 1.807) is 30.3 Å². The number of ether oxygens (including phenoxy) is 3. The number of nitrogens with one attached hydrogen (secondary N) is 2. The standard InChI is InChI=1S/C21H20N2O5/c1-11-12(2)22-17-6-4-14(8-16(11)17)21(25)28-13(3)20(24)23-15-5-7-18-19(9-15)27-10-26-18/h4-9,13,22H,10H2,1-3H3,(H,23,24)/t13-/m0/s1. The van der Waals surface area contributed by atoms with E-state index in [4.69, 9.17) is 14.2 Å². The fraction of sp³-hybridized carbons (Fsp3) is 0.238. The Balaban J connectivity index is 1.43. The largest absolute Gasteiger partial charge is 0.454 e. The van der Waals surface area contributed by atoms with E-state index in [1.165, 1.54) is 6.92 Å². The van der Waals surface area contributed by atoms with Gasteiger partial charge < -0.3 is 24.5 Å². The first kappa shape index (κ1) is 17.9. The first-order valence-corrected chi connectivity index (χ1v) is 8.93. The second kappa shape index (κ2) is 6.92. The third-order valence-electron chi connectivity index (χ3n) is 4.84. The molecule has 2 aromatic carbocycles. The summed E-state index contributed by atoms with van der Waals surface area (Å²) in [5, 5.41) is 3.68. The average Bonchev–Trinajstić information content (AvgIpc) is 3.25. The summed E-state index contributed by atoms with van der Waals surface area (Å²) < 4.78 is 15.9. The van der Waals surface area contributed by atoms with Crippen LogP contribution in [0.4, 0.5) is 5.69 Å². The summed E-state index contributed by atoms with van der Waals surface area (Å²) in [5.41, 5.74) is 4.03. The van der Waals surface area contributed by atoms with Gasteiger partial charge >= 0.3 is 5.97 Å². The van der Waals surface area contributed by atoms with E-state index >= 15 is 0 Å². The van der Waals surface area contributed by atoms with Crippen LogP contribution < -0.4 is 14.8 Å². The minimum Gasteiger partial charge on any atom is -0.454 e. The number of aryl methyl sites for hydroxylation is 2. The summed E-state index contributed by atoms with van der Waals surface area (Å²) in [4.78, 5) is 28.1. The van der Waals surface area contributed by atoms with E-state index in [9.17, 15) is 9.59 Å². The Morgan fingerprint density at radius 3 is 2.71 bits per heavy atom. The van der Waals surface area contributed by atoms with Crippen LogP contribution >= 0.6 is 0 Å². The van der Waals surface area contributed by atoms with Crippen LogP contribution in [0, 0.1) is 13.8 Å². The van der Waals surface area contributed by atoms with E-state index < -0.39 is 18.0 Å². The van der Waals surface area contributed by atoms with Gasteiger partial charge in [-0.1, -0.05) is 0 Å². The smallest absolute Gasteiger partial charge is 0.338 e. The number of aromatic nitrogens is 1. The summed E-state index contributed by atoms with van der Waals surface area (Å²) in [5.74, 6) is 0.214. The molecule has 7 heteroatoms. The number of hydrogen-bond acceptors (Lipinski definition) is 5. The van der Waals surface area contributed by atoms with Crippen molar-refractivity contribution in [2.75, 3.05) is 12.1 Å². The number of carbonyl (C=O) groups excluding carboxylic acids is 2. The van der Waals surface area contributed by atoms with Crippen molar-refractivity contribution in [1.82, 2.24) is 4.98 Å². The Bertz CT molecular complexity index is 1090. The van der Waals surface area contributed by atoms with Crippen LogP contribution in [-0.4, -0.2) is 29.8 Å². The third kappa shape index (κ3) is 3.26. The molecular formula is C21H20N2O5. The Labute approximate surface area is 161 Å². The molecule has 7 nitrogen and oxygen atoms in total. The van der Waals surface area contributed by atoms with Crippen LogP contribution in [-0.2, 0) is 9.53 Å². The second-order valence-electron chi connectivity index (χ2n) is 6.74. The van der Waals surface area contributed by atoms with Gasteiger partial charge in [-0.15, -0.1) is 0 Å². The number of fused-ring (bicyclic) bond motifs is 2. The van der Waals surface area contributed by atoms with Crippen molar-refractivity contribution in [2.24, 2.45) is 0 Å². The average molecular weight is 380 g/mol. The van der Waals surface area contributed by atoms with Crippen molar-refractivity contribution in [3.63, 3.8) is 0 Å². The van der Waals surface area contributed by atoms with Crippen LogP contribution in [0.15, 0.2) is 36.4 Å². The van der Waals surface area contributed by atoms with Crippen LogP contribution in [0.5, 0.6) is 11.5 Å². The highest BCUT2D eigenvalue weighted by Crippen LogP contribution is 2.34. The molecule has 1 aromatic heterocycles. The number of carbonyl (C=O) groups is 2. The number of amides is 1. The molecule has 144 valence electrons. The topological polar surface area (TPSA) is 89.7 Å². The zero-order valence-electron chi connectivity index (χ0n) is 15.8. The number of benzene rings is 2. The highest BCUT2D eigenvalue weighted by atomic mass is 16.7. The lowest BCUT2D eigenvalue weighted by Crippen LogP contribution is -2.30. The maximum Gasteiger partial charge on any atom is 0.338 e. The van der Waals surface area contributed by atoms with Gasteiger partial charge in [-0.05, 0) is 56.7 Å². The van der Waals surface area contributed by atoms with Crippen molar-refractivity contribution in [1.29, 1.82) is 0 Å². The lowest BCUT2D eigenvalue weighted by molar-refractivity contribution is -0.123. The van der Waals surface area contributed by atoms with Crippen LogP contribution in [0.2, 0.25) is 0 Å². The predicted molar refractivity (Wildman–Crippen MR) is 104 cm³/mol. The Kier molecular flexibility index (Phi) is 4.43. The summed E-state index contributed by atoms with van der Waals surface area (Å²) >= 11 is 0. The monoisotopic (exact) mass is 380 g/mol. The summed E-state index contributed by atoms with van der Waals surface area (Å²) in [7, 11) is 0. The predicted octanol–water partition coefficient (Wildman–Crippen LogP) is 3.70. The maximum absolute atomic E-state index is 12.5. The van der Waals surface area contributed by atoms with E-state index in [0.717, 1.165) is 22.2 Å². The van der Waals surface area contributed by atoms with Crippen molar-refractivity contribution in [2.45, 2.75) is 26.9 Å². The molecule has 2 N–H and O–H groups in total. The van der Waals surface area contributed by atoms with Gasteiger partial charge in [0.15, 0.2) is 17.6 Å². The molecule has 0 fully saturated rings. The molecule has 1 aliphatic heterocycles. The zero-order valence-corrected chi connectivity index (χ0v) is 15.8. The Hall–Kier alpha value is -3.48. The number of esters is 1. The number of anilines is 1. The molecule has 0 unspecified atom stereocenters. The van der Waals surface area contributed by atoms with Crippen molar-refractivity contribution >= 4 is 28.5 Å². The normalized spacial score (nSPS) is 13.4. The molecule has 1 amide bonds. The summed E-state index contributed by atoms with van der Waals surface area (Å²) in [6.07, 6.45) is -0.956. The summed E-state index contributed by atoms with van der Waals surface area (Å²) in [6, 6.07) is 10.4. The van der Waals surface area contributed by atoms with Gasteiger partial charge in [-0.2, -0.15) is 0 Å². The molecule has 3 aromatic rings. The SMILES string of the molecule is Cc1[nH]c2ccc(C(=O)O[C@@H](C)C(=O)Nc3ccc4c(c3)OCO4)cc2c1C. The van der Waals surface area contributed by atoms with Crippen LogP contribution in [0.25, 0.3) is 10.9 Å². The molecule has 0 bridgehead atoms. The number of H-pyrrole nitrogens is 1. The number of aromatic amines is 1. The van der Waals surface area contributed by atoms with Crippen molar-refractivity contribution < 1.29 is 23.8 Å². The Morgan fingerprint density at radius 1 is 1.11 bits per heavy atom. The van der Waals surface area contributed by atoms with Crippen molar-refractivity contribution in [3.05, 3.63) is 53.2 Å². The van der Waals surface area contributed by atoms with E-state index in [1.807, 2.05) is 19.9 Å². The lowest BCUT2D eigenvalue weighted by atomic mass is 10.1. The highest BCUT2D eigenvalue weighted by molar-refractivity contribution is 5.99. The van der Waals surface area contributed by atoms with E-state index in [0.29, 0.717) is 22.7 Å². The number of hydrogen-bond donors (Lipinski definition) is 2. The molecule has 28 heavy (non-hydrogen) atoms. The van der Waals surface area contributed by atoms with Gasteiger partial charge in [-0.3, -0.25) is 4.79 Å². The van der Waals surface area contributed by atoms with Gasteiger partial charge in [0.05, 0.1) is 5.56 Å². The van der Waals surface area contributed by atoms with Gasteiger partial charge in [0.1, 0.15) is 0 Å². The van der Waals surface area contributed by atoms with Crippen LogP contribution in [0.3, 0.4) is 0 Å². The minimum absolute atomic E-state index is 0.158. The molecule has 0 aliphatic carbocycles. The van der Waals surface area contributed by atoms with Gasteiger partial charge in [-0.25, -0.2) is 4.79 Å². The molecule has 2 heterocycles. The third-order valence-corrected chi connectivity index (χ3v) is 4.84. The fourth-order valence-corrected chi connectivity index (χ4v) is 3.09. The van der Waals surface area contributed by atoms with Crippen molar-refractivity contribution in [3.8, 4) is 11.5 Å². The maximum atomic E-state index is 12.5. The molecule has 1 aliphatic rings. The highest BCUT2D eigenvalue weighted by Gasteiger charge is 2.21. The quantitative estimate of drug-likeness (QED) is 0.674. The van der Waals surface area contributed by atoms with E-state index in [2.05, 4.69) is 10.3 Å². The minimum atomic E-state index is -0.956. The number of rotatable bonds is 4. The van der Waals surface area contributed by atoms with Gasteiger partial charge in [0, 0.05) is 28.4 Å². The molecule has 0 saturated carbocycles. The molecule has 0 radical (unpaired) electrons. The van der Waals surface area contributed by atoms with Crippen LogP contribution in [0.1, 0.15) is 28.5 Å². The van der Waals surface area contributed by atoms with Gasteiger partial charge in [0.25, 0.3) is 5.91 Å². The molecule has 0 spiro atoms. The first-order chi connectivity index (χ1) is 13.4. The summed E-state index contributed by atoms with van der Waals surface area (Å²) in [6.45, 7) is 5.66. The first-order valence-electron chi connectivity index (χ1n) is 8.93. The lowest BCUT2D eigenvalue weighted by Gasteiger charge is -2.14. The second-order valence-corrected chi connectivity index (χ2v) is 6.74. The molecule has 1 atom stereocenters. The molecular weight excluding hydrogens is 360 g/mol. The van der Waals surface area contributed by atoms with Gasteiger partial charge in [0.2, 0.25) is 6.79 Å². The Morgan fingerprint density at radius 2 is 1.89 bits per heavy atom. The zero-order chi connectivity index (χ0) is 19.8. The molecule has 0 saturated heterocycles.